The summed E-state index contributed by atoms with van der Waals surface area (Å²) in [7, 11) is 0. The van der Waals surface area contributed by atoms with Crippen LogP contribution in [0.2, 0.25) is 0 Å². The lowest BCUT2D eigenvalue weighted by molar-refractivity contribution is -0.136. The van der Waals surface area contributed by atoms with E-state index in [0.717, 1.165) is 26.2 Å². The van der Waals surface area contributed by atoms with Gasteiger partial charge >= 0.3 is 0 Å². The second-order valence-corrected chi connectivity index (χ2v) is 4.99. The minimum absolute atomic E-state index is 0.0788. The molecule has 2 rings (SSSR count). The lowest BCUT2D eigenvalue weighted by Crippen LogP contribution is -2.49. The van der Waals surface area contributed by atoms with E-state index in [-0.39, 0.29) is 11.8 Å². The van der Waals surface area contributed by atoms with Crippen molar-refractivity contribution in [2.24, 2.45) is 5.92 Å². The Morgan fingerprint density at radius 2 is 2.00 bits per heavy atom. The highest BCUT2D eigenvalue weighted by Gasteiger charge is 2.23. The lowest BCUT2D eigenvalue weighted by Gasteiger charge is -2.34. The van der Waals surface area contributed by atoms with Crippen LogP contribution in [0, 0.1) is 12.8 Å². The second-order valence-electron chi connectivity index (χ2n) is 4.99. The molecule has 100 valence electrons. The number of amides is 1. The van der Waals surface area contributed by atoms with Gasteiger partial charge in [0.25, 0.3) is 0 Å². The van der Waals surface area contributed by atoms with Gasteiger partial charge < -0.3 is 9.42 Å². The number of carbonyl (C=O) groups is 1. The van der Waals surface area contributed by atoms with Crippen LogP contribution in [0.5, 0.6) is 0 Å². The van der Waals surface area contributed by atoms with Gasteiger partial charge in [0.1, 0.15) is 0 Å². The van der Waals surface area contributed by atoms with Gasteiger partial charge in [-0.1, -0.05) is 19.0 Å². The molecule has 0 atom stereocenters. The largest absolute Gasteiger partial charge is 0.340 e. The molecule has 1 aliphatic rings. The zero-order valence-corrected chi connectivity index (χ0v) is 11.2. The third kappa shape index (κ3) is 3.07. The van der Waals surface area contributed by atoms with Gasteiger partial charge in [0, 0.05) is 32.1 Å². The highest BCUT2D eigenvalue weighted by molar-refractivity contribution is 5.78. The molecular weight excluding hydrogens is 232 g/mol. The van der Waals surface area contributed by atoms with Crippen molar-refractivity contribution < 1.29 is 9.32 Å². The normalized spacial score (nSPS) is 17.4. The Labute approximate surface area is 107 Å². The van der Waals surface area contributed by atoms with E-state index in [0.29, 0.717) is 18.3 Å². The van der Waals surface area contributed by atoms with E-state index in [9.17, 15) is 4.79 Å². The fraction of sp³-hybridized carbons (Fsp3) is 0.750. The molecule has 0 unspecified atom stereocenters. The van der Waals surface area contributed by atoms with E-state index in [2.05, 4.69) is 15.0 Å². The molecule has 1 aromatic rings. The molecule has 18 heavy (non-hydrogen) atoms. The van der Waals surface area contributed by atoms with E-state index in [1.54, 1.807) is 0 Å². The highest BCUT2D eigenvalue weighted by atomic mass is 16.5. The molecular formula is C12H20N4O2. The summed E-state index contributed by atoms with van der Waals surface area (Å²) in [5.41, 5.74) is 0. The molecule has 2 heterocycles. The fourth-order valence-corrected chi connectivity index (χ4v) is 2.09. The topological polar surface area (TPSA) is 62.5 Å². The van der Waals surface area contributed by atoms with Crippen molar-refractivity contribution in [3.63, 3.8) is 0 Å². The van der Waals surface area contributed by atoms with Crippen LogP contribution in [0.4, 0.5) is 0 Å². The molecule has 0 aromatic carbocycles. The van der Waals surface area contributed by atoms with E-state index < -0.39 is 0 Å². The molecule has 1 aromatic heterocycles. The predicted molar refractivity (Wildman–Crippen MR) is 65.7 cm³/mol. The van der Waals surface area contributed by atoms with Gasteiger partial charge in [-0.15, -0.1) is 0 Å². The smallest absolute Gasteiger partial charge is 0.240 e. The number of aryl methyl sites for hydroxylation is 1. The Bertz CT molecular complexity index is 408. The first-order valence-corrected chi connectivity index (χ1v) is 6.36. The Morgan fingerprint density at radius 1 is 1.33 bits per heavy atom. The zero-order chi connectivity index (χ0) is 13.1. The lowest BCUT2D eigenvalue weighted by atomic mass is 10.1. The maximum Gasteiger partial charge on any atom is 0.240 e. The summed E-state index contributed by atoms with van der Waals surface area (Å²) in [5.74, 6) is 1.63. The average molecular weight is 252 g/mol. The van der Waals surface area contributed by atoms with Gasteiger partial charge in [-0.3, -0.25) is 9.69 Å². The SMILES string of the molecule is Cc1noc(CN2CCN(C(=O)C(C)C)CC2)n1. The monoisotopic (exact) mass is 252 g/mol. The number of nitrogens with zero attached hydrogens (tertiary/aromatic N) is 4. The summed E-state index contributed by atoms with van der Waals surface area (Å²) in [6.45, 7) is 9.65. The van der Waals surface area contributed by atoms with Crippen molar-refractivity contribution in [2.45, 2.75) is 27.3 Å². The van der Waals surface area contributed by atoms with Crippen molar-refractivity contribution in [1.29, 1.82) is 0 Å². The van der Waals surface area contributed by atoms with Crippen LogP contribution in [0.3, 0.4) is 0 Å². The first-order chi connectivity index (χ1) is 8.56. The molecule has 0 bridgehead atoms. The van der Waals surface area contributed by atoms with Crippen molar-refractivity contribution in [3.05, 3.63) is 11.7 Å². The third-order valence-corrected chi connectivity index (χ3v) is 3.11. The van der Waals surface area contributed by atoms with E-state index in [4.69, 9.17) is 4.52 Å². The number of rotatable bonds is 3. The molecule has 1 saturated heterocycles. The molecule has 6 nitrogen and oxygen atoms in total. The minimum Gasteiger partial charge on any atom is -0.340 e. The standard InChI is InChI=1S/C12H20N4O2/c1-9(2)12(17)16-6-4-15(5-7-16)8-11-13-10(3)14-18-11/h9H,4-8H2,1-3H3. The van der Waals surface area contributed by atoms with Crippen LogP contribution < -0.4 is 0 Å². The van der Waals surface area contributed by atoms with E-state index in [1.807, 2.05) is 25.7 Å². The Balaban J connectivity index is 1.82. The number of carbonyl (C=O) groups excluding carboxylic acids is 1. The van der Waals surface area contributed by atoms with Gasteiger partial charge in [-0.05, 0) is 6.92 Å². The number of piperazine rings is 1. The van der Waals surface area contributed by atoms with Crippen LogP contribution in [-0.2, 0) is 11.3 Å². The highest BCUT2D eigenvalue weighted by Crippen LogP contribution is 2.09. The Kier molecular flexibility index (Phi) is 3.96. The third-order valence-electron chi connectivity index (χ3n) is 3.11. The molecule has 0 N–H and O–H groups in total. The Hall–Kier alpha value is -1.43. The van der Waals surface area contributed by atoms with Crippen molar-refractivity contribution >= 4 is 5.91 Å². The van der Waals surface area contributed by atoms with E-state index in [1.165, 1.54) is 0 Å². The summed E-state index contributed by atoms with van der Waals surface area (Å²) >= 11 is 0. The summed E-state index contributed by atoms with van der Waals surface area (Å²) in [6.07, 6.45) is 0. The summed E-state index contributed by atoms with van der Waals surface area (Å²) in [6, 6.07) is 0. The molecule has 0 spiro atoms. The van der Waals surface area contributed by atoms with Gasteiger partial charge in [0.15, 0.2) is 5.82 Å². The molecule has 1 aliphatic heterocycles. The average Bonchev–Trinajstić information content (AvgIpc) is 2.75. The number of hydrogen-bond acceptors (Lipinski definition) is 5. The zero-order valence-electron chi connectivity index (χ0n) is 11.2. The number of hydrogen-bond donors (Lipinski definition) is 0. The maximum atomic E-state index is 11.8. The second kappa shape index (κ2) is 5.48. The molecule has 0 aliphatic carbocycles. The van der Waals surface area contributed by atoms with Crippen molar-refractivity contribution in [1.82, 2.24) is 19.9 Å². The minimum atomic E-state index is 0.0788. The fourth-order valence-electron chi connectivity index (χ4n) is 2.09. The summed E-state index contributed by atoms with van der Waals surface area (Å²) in [4.78, 5) is 20.2. The molecule has 0 radical (unpaired) electrons. The van der Waals surface area contributed by atoms with E-state index >= 15 is 0 Å². The predicted octanol–water partition coefficient (Wildman–Crippen LogP) is 0.678. The maximum absolute atomic E-state index is 11.8. The first-order valence-electron chi connectivity index (χ1n) is 6.36. The van der Waals surface area contributed by atoms with Gasteiger partial charge in [-0.25, -0.2) is 0 Å². The van der Waals surface area contributed by atoms with Gasteiger partial charge in [-0.2, -0.15) is 4.98 Å². The molecule has 1 fully saturated rings. The quantitative estimate of drug-likeness (QED) is 0.791. The van der Waals surface area contributed by atoms with Crippen LogP contribution in [-0.4, -0.2) is 52.0 Å². The molecule has 6 heteroatoms. The van der Waals surface area contributed by atoms with Crippen LogP contribution >= 0.6 is 0 Å². The summed E-state index contributed by atoms with van der Waals surface area (Å²) in [5, 5.41) is 3.77. The van der Waals surface area contributed by atoms with Crippen LogP contribution in [0.15, 0.2) is 4.52 Å². The first kappa shape index (κ1) is 13.0. The summed E-state index contributed by atoms with van der Waals surface area (Å²) < 4.78 is 5.10. The van der Waals surface area contributed by atoms with Crippen molar-refractivity contribution in [3.8, 4) is 0 Å². The number of aromatic nitrogens is 2. The molecule has 1 amide bonds. The molecule has 0 saturated carbocycles. The van der Waals surface area contributed by atoms with Crippen LogP contribution in [0.1, 0.15) is 25.6 Å². The van der Waals surface area contributed by atoms with Gasteiger partial charge in [0.2, 0.25) is 11.8 Å². The van der Waals surface area contributed by atoms with Crippen LogP contribution in [0.25, 0.3) is 0 Å². The van der Waals surface area contributed by atoms with Crippen molar-refractivity contribution in [2.75, 3.05) is 26.2 Å². The Morgan fingerprint density at radius 3 is 2.50 bits per heavy atom. The van der Waals surface area contributed by atoms with Gasteiger partial charge in [0.05, 0.1) is 6.54 Å².